The first-order valence-corrected chi connectivity index (χ1v) is 9.69. The van der Waals surface area contributed by atoms with E-state index in [0.717, 1.165) is 5.56 Å². The van der Waals surface area contributed by atoms with E-state index in [2.05, 4.69) is 14.9 Å². The summed E-state index contributed by atoms with van der Waals surface area (Å²) < 4.78 is 28.4. The summed E-state index contributed by atoms with van der Waals surface area (Å²) in [7, 11) is -1.61. The van der Waals surface area contributed by atoms with Crippen molar-refractivity contribution in [2.45, 2.75) is 10.9 Å². The summed E-state index contributed by atoms with van der Waals surface area (Å²) >= 11 is 0. The summed E-state index contributed by atoms with van der Waals surface area (Å²) in [5, 5.41) is 0.633. The third-order valence-corrected chi connectivity index (χ3v) is 6.67. The van der Waals surface area contributed by atoms with Gasteiger partial charge in [-0.05, 0) is 24.7 Å². The van der Waals surface area contributed by atoms with Crippen LogP contribution in [-0.4, -0.2) is 54.3 Å². The summed E-state index contributed by atoms with van der Waals surface area (Å²) in [6.45, 7) is 1.85. The topological polar surface area (TPSA) is 69.3 Å². The number of rotatable bonds is 3. The number of sulfonamides is 1. The van der Waals surface area contributed by atoms with Gasteiger partial charge in [0.2, 0.25) is 10.0 Å². The highest BCUT2D eigenvalue weighted by Gasteiger charge is 2.37. The summed E-state index contributed by atoms with van der Waals surface area (Å²) in [5.41, 5.74) is 1.60. The average molecular weight is 356 g/mol. The number of hydrogen-bond acceptors (Lipinski definition) is 4. The van der Waals surface area contributed by atoms with Crippen LogP contribution in [0.1, 0.15) is 11.6 Å². The molecule has 1 aliphatic rings. The maximum atomic E-state index is 13.4. The molecule has 1 aromatic carbocycles. The largest absolute Gasteiger partial charge is 0.345 e. The zero-order chi connectivity index (χ0) is 17.4. The molecule has 0 amide bonds. The standard InChI is InChI=1S/C18H20N4O2S/c1-21-10-11-22(16(13-21)14-6-3-2-4-7-14)25(23,24)17-12-20-18-15(17)8-5-9-19-18/h2-9,12,16H,10-11,13H2,1H3,(H,19,20). The zero-order valence-electron chi connectivity index (χ0n) is 14.0. The lowest BCUT2D eigenvalue weighted by Gasteiger charge is -2.39. The molecule has 0 radical (unpaired) electrons. The van der Waals surface area contributed by atoms with Crippen LogP contribution in [-0.2, 0) is 10.0 Å². The number of aromatic amines is 1. The molecule has 1 aliphatic heterocycles. The van der Waals surface area contributed by atoms with Crippen LogP contribution in [0, 0.1) is 0 Å². The van der Waals surface area contributed by atoms with Crippen LogP contribution >= 0.6 is 0 Å². The van der Waals surface area contributed by atoms with Gasteiger partial charge in [0.05, 0.1) is 6.04 Å². The van der Waals surface area contributed by atoms with Gasteiger partial charge in [-0.25, -0.2) is 13.4 Å². The number of hydrogen-bond donors (Lipinski definition) is 1. The molecule has 1 N–H and O–H groups in total. The van der Waals surface area contributed by atoms with Crippen molar-refractivity contribution < 1.29 is 8.42 Å². The Hall–Kier alpha value is -2.22. The third kappa shape index (κ3) is 2.84. The fourth-order valence-corrected chi connectivity index (χ4v) is 5.16. The van der Waals surface area contributed by atoms with Crippen LogP contribution in [0.4, 0.5) is 0 Å². The molecule has 0 aliphatic carbocycles. The second-order valence-electron chi connectivity index (χ2n) is 6.36. The van der Waals surface area contributed by atoms with Crippen LogP contribution in [0.3, 0.4) is 0 Å². The highest BCUT2D eigenvalue weighted by atomic mass is 32.2. The molecule has 1 unspecified atom stereocenters. The smallest absolute Gasteiger partial charge is 0.245 e. The molecule has 25 heavy (non-hydrogen) atoms. The Balaban J connectivity index is 1.80. The predicted molar refractivity (Wildman–Crippen MR) is 96.7 cm³/mol. The van der Waals surface area contributed by atoms with Crippen molar-refractivity contribution in [3.05, 3.63) is 60.4 Å². The Labute approximate surface area is 147 Å². The molecular weight excluding hydrogens is 336 g/mol. The summed E-state index contributed by atoms with van der Waals surface area (Å²) in [6.07, 6.45) is 3.20. The van der Waals surface area contributed by atoms with Crippen molar-refractivity contribution in [1.29, 1.82) is 0 Å². The fraction of sp³-hybridized carbons (Fsp3) is 0.278. The first-order chi connectivity index (χ1) is 12.1. The van der Waals surface area contributed by atoms with E-state index in [9.17, 15) is 8.42 Å². The van der Waals surface area contributed by atoms with E-state index in [0.29, 0.717) is 35.6 Å². The van der Waals surface area contributed by atoms with E-state index in [-0.39, 0.29) is 6.04 Å². The Bertz CT molecular complexity index is 984. The molecule has 1 fully saturated rings. The van der Waals surface area contributed by atoms with Gasteiger partial charge in [-0.3, -0.25) is 0 Å². The lowest BCUT2D eigenvalue weighted by Crippen LogP contribution is -2.49. The van der Waals surface area contributed by atoms with Crippen molar-refractivity contribution in [1.82, 2.24) is 19.2 Å². The van der Waals surface area contributed by atoms with Gasteiger partial charge < -0.3 is 9.88 Å². The van der Waals surface area contributed by atoms with E-state index < -0.39 is 10.0 Å². The molecule has 3 heterocycles. The minimum absolute atomic E-state index is 0.202. The van der Waals surface area contributed by atoms with Gasteiger partial charge in [0.1, 0.15) is 10.5 Å². The second kappa shape index (κ2) is 6.25. The van der Waals surface area contributed by atoms with Gasteiger partial charge >= 0.3 is 0 Å². The normalized spacial score (nSPS) is 20.1. The van der Waals surface area contributed by atoms with Crippen LogP contribution in [0.15, 0.2) is 59.8 Å². The third-order valence-electron chi connectivity index (χ3n) is 4.72. The van der Waals surface area contributed by atoms with Gasteiger partial charge in [0.25, 0.3) is 0 Å². The maximum absolute atomic E-state index is 13.4. The van der Waals surface area contributed by atoms with Gasteiger partial charge in [-0.1, -0.05) is 30.3 Å². The highest BCUT2D eigenvalue weighted by molar-refractivity contribution is 7.89. The van der Waals surface area contributed by atoms with Gasteiger partial charge in [-0.2, -0.15) is 4.31 Å². The van der Waals surface area contributed by atoms with E-state index >= 15 is 0 Å². The summed E-state index contributed by atoms with van der Waals surface area (Å²) in [4.78, 5) is 9.63. The Morgan fingerprint density at radius 1 is 1.12 bits per heavy atom. The van der Waals surface area contributed by atoms with Crippen molar-refractivity contribution in [2.24, 2.45) is 0 Å². The van der Waals surface area contributed by atoms with Crippen LogP contribution < -0.4 is 0 Å². The summed E-state index contributed by atoms with van der Waals surface area (Å²) in [5.74, 6) is 0. The van der Waals surface area contributed by atoms with Crippen LogP contribution in [0.5, 0.6) is 0 Å². The number of likely N-dealkylation sites (N-methyl/N-ethyl adjacent to an activating group) is 1. The van der Waals surface area contributed by atoms with E-state index in [1.54, 1.807) is 28.8 Å². The van der Waals surface area contributed by atoms with Crippen molar-refractivity contribution in [3.8, 4) is 0 Å². The van der Waals surface area contributed by atoms with E-state index in [4.69, 9.17) is 0 Å². The summed E-state index contributed by atoms with van der Waals surface area (Å²) in [6, 6.07) is 13.2. The fourth-order valence-electron chi connectivity index (χ4n) is 3.41. The predicted octanol–water partition coefficient (Wildman–Crippen LogP) is 2.24. The van der Waals surface area contributed by atoms with Crippen LogP contribution in [0.2, 0.25) is 0 Å². The van der Waals surface area contributed by atoms with Gasteiger partial charge in [0, 0.05) is 37.4 Å². The monoisotopic (exact) mass is 356 g/mol. The maximum Gasteiger partial charge on any atom is 0.245 e. The molecule has 1 saturated heterocycles. The Morgan fingerprint density at radius 3 is 2.72 bits per heavy atom. The Kier molecular flexibility index (Phi) is 4.07. The molecule has 0 saturated carbocycles. The lowest BCUT2D eigenvalue weighted by atomic mass is 10.1. The molecule has 4 rings (SSSR count). The molecule has 7 heteroatoms. The first-order valence-electron chi connectivity index (χ1n) is 8.25. The van der Waals surface area contributed by atoms with Gasteiger partial charge in [-0.15, -0.1) is 0 Å². The molecule has 130 valence electrons. The van der Waals surface area contributed by atoms with Crippen molar-refractivity contribution >= 4 is 21.1 Å². The number of H-pyrrole nitrogens is 1. The lowest BCUT2D eigenvalue weighted by molar-refractivity contribution is 0.161. The molecular formula is C18H20N4O2S. The number of benzene rings is 1. The number of nitrogens with zero attached hydrogens (tertiary/aromatic N) is 3. The number of aromatic nitrogens is 2. The van der Waals surface area contributed by atoms with Crippen molar-refractivity contribution in [3.63, 3.8) is 0 Å². The minimum atomic E-state index is -3.63. The SMILES string of the molecule is CN1CCN(S(=O)(=O)c2c[nH]c3ncccc23)C(c2ccccc2)C1. The molecule has 0 spiro atoms. The van der Waals surface area contributed by atoms with Crippen molar-refractivity contribution in [2.75, 3.05) is 26.7 Å². The number of piperazine rings is 1. The van der Waals surface area contributed by atoms with E-state index in [1.165, 1.54) is 0 Å². The molecule has 6 nitrogen and oxygen atoms in total. The first kappa shape index (κ1) is 16.3. The molecule has 1 atom stereocenters. The average Bonchev–Trinajstić information content (AvgIpc) is 3.07. The quantitative estimate of drug-likeness (QED) is 0.781. The number of nitrogens with one attached hydrogen (secondary N) is 1. The van der Waals surface area contributed by atoms with E-state index in [1.807, 2.05) is 37.4 Å². The van der Waals surface area contributed by atoms with Crippen LogP contribution in [0.25, 0.3) is 11.0 Å². The molecule has 0 bridgehead atoms. The van der Waals surface area contributed by atoms with Gasteiger partial charge in [0.15, 0.2) is 0 Å². The highest BCUT2D eigenvalue weighted by Crippen LogP contribution is 2.33. The minimum Gasteiger partial charge on any atom is -0.345 e. The number of pyridine rings is 1. The second-order valence-corrected chi connectivity index (χ2v) is 8.22. The Morgan fingerprint density at radius 2 is 1.92 bits per heavy atom. The molecule has 3 aromatic rings. The molecule has 2 aromatic heterocycles. The zero-order valence-corrected chi connectivity index (χ0v) is 14.8. The number of fused-ring (bicyclic) bond motifs is 1.